The highest BCUT2D eigenvalue weighted by atomic mass is 35.5. The van der Waals surface area contributed by atoms with Crippen molar-refractivity contribution in [2.45, 2.75) is 18.8 Å². The molecule has 0 spiro atoms. The molecule has 6 heteroatoms. The number of halogens is 2. The highest BCUT2D eigenvalue weighted by molar-refractivity contribution is 5.85. The van der Waals surface area contributed by atoms with Gasteiger partial charge in [-0.2, -0.15) is 0 Å². The molecule has 0 bridgehead atoms. The average Bonchev–Trinajstić information content (AvgIpc) is 2.48. The first-order chi connectivity index (χ1) is 9.74. The minimum absolute atomic E-state index is 0. The normalized spacial score (nSPS) is 18.0. The third-order valence-corrected chi connectivity index (χ3v) is 3.63. The maximum atomic E-state index is 13.9. The van der Waals surface area contributed by atoms with Gasteiger partial charge in [-0.25, -0.2) is 14.4 Å². The average molecular weight is 309 g/mol. The van der Waals surface area contributed by atoms with E-state index in [0.29, 0.717) is 17.2 Å². The van der Waals surface area contributed by atoms with Gasteiger partial charge in [0.05, 0.1) is 11.4 Å². The van der Waals surface area contributed by atoms with Gasteiger partial charge in [-0.1, -0.05) is 12.1 Å². The number of aromatic nitrogens is 2. The summed E-state index contributed by atoms with van der Waals surface area (Å²) >= 11 is 0. The Hall–Kier alpha value is -1.72. The van der Waals surface area contributed by atoms with Crippen molar-refractivity contribution >= 4 is 18.4 Å². The van der Waals surface area contributed by atoms with Crippen LogP contribution >= 0.6 is 12.4 Å². The summed E-state index contributed by atoms with van der Waals surface area (Å²) in [5, 5.41) is 3.35. The molecule has 0 saturated carbocycles. The van der Waals surface area contributed by atoms with Gasteiger partial charge < -0.3 is 11.1 Å². The van der Waals surface area contributed by atoms with E-state index in [9.17, 15) is 4.39 Å². The number of hydrogen-bond acceptors (Lipinski definition) is 4. The first-order valence-electron chi connectivity index (χ1n) is 6.84. The monoisotopic (exact) mass is 308 g/mol. The fraction of sp³-hybridized carbons (Fsp3) is 0.333. The van der Waals surface area contributed by atoms with Crippen molar-refractivity contribution in [2.75, 3.05) is 18.8 Å². The number of nitrogens with two attached hydrogens (primary N) is 1. The molecule has 4 nitrogen and oxygen atoms in total. The van der Waals surface area contributed by atoms with Gasteiger partial charge in [-0.05, 0) is 37.6 Å². The predicted octanol–water partition coefficient (Wildman–Crippen LogP) is 2.75. The summed E-state index contributed by atoms with van der Waals surface area (Å²) in [6.07, 6.45) is 2.18. The Morgan fingerprint density at radius 1 is 1.24 bits per heavy atom. The van der Waals surface area contributed by atoms with E-state index in [-0.39, 0.29) is 24.2 Å². The van der Waals surface area contributed by atoms with E-state index in [1.165, 1.54) is 6.07 Å². The number of piperidine rings is 1. The van der Waals surface area contributed by atoms with Crippen LogP contribution in [0.1, 0.15) is 24.5 Å². The fourth-order valence-corrected chi connectivity index (χ4v) is 2.61. The van der Waals surface area contributed by atoms with Crippen LogP contribution in [-0.4, -0.2) is 23.1 Å². The molecular formula is C15H18ClFN4. The Morgan fingerprint density at radius 3 is 2.76 bits per heavy atom. The Balaban J connectivity index is 0.00000161. The van der Waals surface area contributed by atoms with E-state index >= 15 is 0 Å². The summed E-state index contributed by atoms with van der Waals surface area (Å²) in [7, 11) is 0. The van der Waals surface area contributed by atoms with Gasteiger partial charge >= 0.3 is 0 Å². The van der Waals surface area contributed by atoms with Gasteiger partial charge in [0.15, 0.2) is 0 Å². The Kier molecular flexibility index (Phi) is 5.09. The van der Waals surface area contributed by atoms with Crippen molar-refractivity contribution in [1.29, 1.82) is 0 Å². The van der Waals surface area contributed by atoms with Crippen LogP contribution in [0.5, 0.6) is 0 Å². The van der Waals surface area contributed by atoms with Crippen LogP contribution in [0.25, 0.3) is 11.3 Å². The second-order valence-corrected chi connectivity index (χ2v) is 5.06. The molecule has 1 aromatic carbocycles. The lowest BCUT2D eigenvalue weighted by molar-refractivity contribution is 0.454. The van der Waals surface area contributed by atoms with Gasteiger partial charge in [0.25, 0.3) is 0 Å². The molecule has 1 aliphatic heterocycles. The third-order valence-electron chi connectivity index (χ3n) is 3.63. The molecule has 1 aromatic heterocycles. The van der Waals surface area contributed by atoms with Crippen molar-refractivity contribution in [3.63, 3.8) is 0 Å². The molecule has 2 aromatic rings. The van der Waals surface area contributed by atoms with E-state index in [0.717, 1.165) is 31.6 Å². The summed E-state index contributed by atoms with van der Waals surface area (Å²) in [5.41, 5.74) is 7.70. The fourth-order valence-electron chi connectivity index (χ4n) is 2.61. The molecule has 112 valence electrons. The molecular weight excluding hydrogens is 291 g/mol. The molecule has 1 atom stereocenters. The molecule has 3 N–H and O–H groups in total. The molecule has 1 unspecified atom stereocenters. The summed E-state index contributed by atoms with van der Waals surface area (Å²) in [4.78, 5) is 8.48. The predicted molar refractivity (Wildman–Crippen MR) is 83.9 cm³/mol. The van der Waals surface area contributed by atoms with Crippen molar-refractivity contribution in [2.24, 2.45) is 0 Å². The standard InChI is InChI=1S/C15H17FN4.ClH/c16-12-6-2-1-5-11(12)14-8-13(19-15(17)20-14)10-4-3-7-18-9-10;/h1-2,5-6,8,10,18H,3-4,7,9H2,(H2,17,19,20);1H. The van der Waals surface area contributed by atoms with Gasteiger partial charge in [0.2, 0.25) is 5.95 Å². The van der Waals surface area contributed by atoms with Crippen molar-refractivity contribution in [3.05, 3.63) is 41.8 Å². The van der Waals surface area contributed by atoms with E-state index in [1.807, 2.05) is 6.07 Å². The summed E-state index contributed by atoms with van der Waals surface area (Å²) in [5.74, 6) is 0.226. The van der Waals surface area contributed by atoms with Gasteiger partial charge in [-0.3, -0.25) is 0 Å². The molecule has 2 heterocycles. The molecule has 0 radical (unpaired) electrons. The first kappa shape index (κ1) is 15.7. The highest BCUT2D eigenvalue weighted by Gasteiger charge is 2.19. The van der Waals surface area contributed by atoms with Gasteiger partial charge in [0.1, 0.15) is 5.82 Å². The van der Waals surface area contributed by atoms with Crippen LogP contribution in [-0.2, 0) is 0 Å². The van der Waals surface area contributed by atoms with Crippen LogP contribution in [0.4, 0.5) is 10.3 Å². The smallest absolute Gasteiger partial charge is 0.220 e. The molecule has 1 aliphatic rings. The second-order valence-electron chi connectivity index (χ2n) is 5.06. The number of nitrogens with zero attached hydrogens (tertiary/aromatic N) is 2. The van der Waals surface area contributed by atoms with Crippen LogP contribution in [0.15, 0.2) is 30.3 Å². The van der Waals surface area contributed by atoms with Gasteiger partial charge in [-0.15, -0.1) is 12.4 Å². The van der Waals surface area contributed by atoms with Crippen molar-refractivity contribution < 1.29 is 4.39 Å². The lowest BCUT2D eigenvalue weighted by atomic mass is 9.95. The number of nitrogens with one attached hydrogen (secondary N) is 1. The number of anilines is 1. The maximum Gasteiger partial charge on any atom is 0.220 e. The van der Waals surface area contributed by atoms with Crippen LogP contribution in [0, 0.1) is 5.82 Å². The summed E-state index contributed by atoms with van der Waals surface area (Å²) < 4.78 is 13.9. The second kappa shape index (κ2) is 6.83. The maximum absolute atomic E-state index is 13.9. The number of benzene rings is 1. The van der Waals surface area contributed by atoms with E-state index in [4.69, 9.17) is 5.73 Å². The Bertz CT molecular complexity index is 614. The Labute approximate surface area is 129 Å². The number of nitrogen functional groups attached to an aromatic ring is 1. The third kappa shape index (κ3) is 3.49. The quantitative estimate of drug-likeness (QED) is 0.895. The van der Waals surface area contributed by atoms with E-state index in [1.54, 1.807) is 18.2 Å². The first-order valence-corrected chi connectivity index (χ1v) is 6.84. The lowest BCUT2D eigenvalue weighted by Crippen LogP contribution is -2.29. The van der Waals surface area contributed by atoms with Gasteiger partial charge in [0, 0.05) is 18.0 Å². The minimum Gasteiger partial charge on any atom is -0.368 e. The molecule has 0 aliphatic carbocycles. The minimum atomic E-state index is -0.293. The lowest BCUT2D eigenvalue weighted by Gasteiger charge is -2.22. The largest absolute Gasteiger partial charge is 0.368 e. The number of rotatable bonds is 2. The highest BCUT2D eigenvalue weighted by Crippen LogP contribution is 2.27. The summed E-state index contributed by atoms with van der Waals surface area (Å²) in [6.45, 7) is 1.92. The zero-order valence-electron chi connectivity index (χ0n) is 11.6. The molecule has 3 rings (SSSR count). The van der Waals surface area contributed by atoms with Crippen molar-refractivity contribution in [1.82, 2.24) is 15.3 Å². The molecule has 0 amide bonds. The number of hydrogen-bond donors (Lipinski definition) is 2. The van der Waals surface area contributed by atoms with Crippen molar-refractivity contribution in [3.8, 4) is 11.3 Å². The SMILES string of the molecule is Cl.Nc1nc(-c2ccccc2F)cc(C2CCCNC2)n1. The molecule has 1 saturated heterocycles. The van der Waals surface area contributed by atoms with Crippen LogP contribution < -0.4 is 11.1 Å². The van der Waals surface area contributed by atoms with Crippen LogP contribution in [0.3, 0.4) is 0 Å². The molecule has 21 heavy (non-hydrogen) atoms. The summed E-state index contributed by atoms with van der Waals surface area (Å²) in [6, 6.07) is 8.44. The molecule has 1 fully saturated rings. The zero-order chi connectivity index (χ0) is 13.9. The van der Waals surface area contributed by atoms with E-state index in [2.05, 4.69) is 15.3 Å². The van der Waals surface area contributed by atoms with E-state index < -0.39 is 0 Å². The Morgan fingerprint density at radius 2 is 2.05 bits per heavy atom. The topological polar surface area (TPSA) is 63.8 Å². The zero-order valence-corrected chi connectivity index (χ0v) is 12.4. The van der Waals surface area contributed by atoms with Crippen LogP contribution in [0.2, 0.25) is 0 Å².